The molecule has 0 aliphatic rings. The Morgan fingerprint density at radius 1 is 1.11 bits per heavy atom. The minimum Gasteiger partial charge on any atom is -0.462 e. The SMILES string of the molecule is Cc1cccc(-n2c(N)c(C(=O)OCC(C)C)c3nc4ccccc4nc32)c1. The second kappa shape index (κ2) is 6.96. The standard InChI is InChI=1S/C22H22N4O2/c1-13(2)12-28-22(27)18-19-21(25-17-10-5-4-9-16(17)24-19)26(20(18)23)15-8-6-7-14(3)11-15/h4-11,13H,12,23H2,1-3H3. The monoisotopic (exact) mass is 374 g/mol. The summed E-state index contributed by atoms with van der Waals surface area (Å²) in [6.07, 6.45) is 0. The summed E-state index contributed by atoms with van der Waals surface area (Å²) in [4.78, 5) is 22.3. The fraction of sp³-hybridized carbons (Fsp3) is 0.227. The zero-order valence-electron chi connectivity index (χ0n) is 16.1. The third-order valence-electron chi connectivity index (χ3n) is 4.51. The molecule has 2 N–H and O–H groups in total. The number of fused-ring (bicyclic) bond motifs is 2. The molecule has 0 bridgehead atoms. The summed E-state index contributed by atoms with van der Waals surface area (Å²) < 4.78 is 7.23. The van der Waals surface area contributed by atoms with E-state index in [4.69, 9.17) is 20.4 Å². The predicted molar refractivity (Wildman–Crippen MR) is 111 cm³/mol. The first kappa shape index (κ1) is 18.0. The molecular weight excluding hydrogens is 352 g/mol. The van der Waals surface area contributed by atoms with Gasteiger partial charge >= 0.3 is 5.97 Å². The zero-order valence-corrected chi connectivity index (χ0v) is 16.1. The van der Waals surface area contributed by atoms with Gasteiger partial charge < -0.3 is 10.5 Å². The van der Waals surface area contributed by atoms with Gasteiger partial charge in [-0.1, -0.05) is 38.1 Å². The molecule has 0 amide bonds. The molecule has 28 heavy (non-hydrogen) atoms. The summed E-state index contributed by atoms with van der Waals surface area (Å²) in [6, 6.07) is 15.4. The Hall–Kier alpha value is -3.41. The number of para-hydroxylation sites is 2. The number of ether oxygens (including phenoxy) is 1. The van der Waals surface area contributed by atoms with Gasteiger partial charge in [-0.2, -0.15) is 0 Å². The fourth-order valence-corrected chi connectivity index (χ4v) is 3.21. The highest BCUT2D eigenvalue weighted by molar-refractivity contribution is 6.09. The Kier molecular flexibility index (Phi) is 4.47. The molecule has 0 fully saturated rings. The highest BCUT2D eigenvalue weighted by Crippen LogP contribution is 2.31. The van der Waals surface area contributed by atoms with Gasteiger partial charge in [0.05, 0.1) is 17.6 Å². The molecular formula is C22H22N4O2. The molecule has 0 unspecified atom stereocenters. The smallest absolute Gasteiger partial charge is 0.344 e. The number of benzene rings is 2. The summed E-state index contributed by atoms with van der Waals surface area (Å²) in [5.41, 5.74) is 11.1. The number of nitrogens with zero attached hydrogens (tertiary/aromatic N) is 3. The molecule has 4 rings (SSSR count). The summed E-state index contributed by atoms with van der Waals surface area (Å²) in [7, 11) is 0. The lowest BCUT2D eigenvalue weighted by Gasteiger charge is -2.09. The van der Waals surface area contributed by atoms with Crippen LogP contribution in [0.2, 0.25) is 0 Å². The Morgan fingerprint density at radius 3 is 2.50 bits per heavy atom. The van der Waals surface area contributed by atoms with Crippen molar-refractivity contribution in [2.45, 2.75) is 20.8 Å². The molecule has 0 saturated carbocycles. The number of anilines is 1. The number of nitrogen functional groups attached to an aromatic ring is 1. The molecule has 2 aromatic carbocycles. The van der Waals surface area contributed by atoms with Crippen molar-refractivity contribution in [1.82, 2.24) is 14.5 Å². The Bertz CT molecular complexity index is 1190. The lowest BCUT2D eigenvalue weighted by Crippen LogP contribution is -2.12. The van der Waals surface area contributed by atoms with Crippen LogP contribution in [0.25, 0.3) is 27.9 Å². The van der Waals surface area contributed by atoms with E-state index in [-0.39, 0.29) is 17.3 Å². The Balaban J connectivity index is 2.01. The van der Waals surface area contributed by atoms with Crippen LogP contribution in [0.15, 0.2) is 48.5 Å². The van der Waals surface area contributed by atoms with E-state index in [2.05, 4.69) is 0 Å². The van der Waals surface area contributed by atoms with Gasteiger partial charge in [-0.25, -0.2) is 14.8 Å². The summed E-state index contributed by atoms with van der Waals surface area (Å²) >= 11 is 0. The van der Waals surface area contributed by atoms with E-state index in [1.165, 1.54) is 0 Å². The molecule has 0 aliphatic heterocycles. The molecule has 2 aromatic heterocycles. The number of hydrogen-bond acceptors (Lipinski definition) is 5. The predicted octanol–water partition coefficient (Wildman–Crippen LogP) is 4.28. The van der Waals surface area contributed by atoms with Crippen LogP contribution in [0, 0.1) is 12.8 Å². The minimum atomic E-state index is -0.479. The normalized spacial score (nSPS) is 11.4. The fourth-order valence-electron chi connectivity index (χ4n) is 3.21. The molecule has 0 saturated heterocycles. The number of rotatable bonds is 4. The second-order valence-corrected chi connectivity index (χ2v) is 7.31. The Labute approximate surface area is 163 Å². The largest absolute Gasteiger partial charge is 0.462 e. The topological polar surface area (TPSA) is 83.0 Å². The first-order valence-corrected chi connectivity index (χ1v) is 9.26. The van der Waals surface area contributed by atoms with Crippen molar-refractivity contribution < 1.29 is 9.53 Å². The van der Waals surface area contributed by atoms with E-state index in [1.54, 1.807) is 4.57 Å². The van der Waals surface area contributed by atoms with E-state index in [9.17, 15) is 4.79 Å². The summed E-state index contributed by atoms with van der Waals surface area (Å²) in [5.74, 6) is 0.0269. The van der Waals surface area contributed by atoms with Crippen LogP contribution < -0.4 is 5.73 Å². The maximum Gasteiger partial charge on any atom is 0.344 e. The van der Waals surface area contributed by atoms with Crippen molar-refractivity contribution >= 4 is 34.0 Å². The van der Waals surface area contributed by atoms with Gasteiger partial charge in [0.1, 0.15) is 16.9 Å². The van der Waals surface area contributed by atoms with Crippen LogP contribution in [0.1, 0.15) is 29.8 Å². The van der Waals surface area contributed by atoms with E-state index in [0.29, 0.717) is 23.3 Å². The van der Waals surface area contributed by atoms with Crippen LogP contribution in [0.5, 0.6) is 0 Å². The Morgan fingerprint density at radius 2 is 1.82 bits per heavy atom. The average molecular weight is 374 g/mol. The molecule has 0 atom stereocenters. The number of esters is 1. The molecule has 0 radical (unpaired) electrons. The quantitative estimate of drug-likeness (QED) is 0.539. The molecule has 6 nitrogen and oxygen atoms in total. The zero-order chi connectivity index (χ0) is 19.8. The summed E-state index contributed by atoms with van der Waals surface area (Å²) in [6.45, 7) is 6.29. The van der Waals surface area contributed by atoms with Crippen LogP contribution in [0.3, 0.4) is 0 Å². The molecule has 2 heterocycles. The molecule has 6 heteroatoms. The third kappa shape index (κ3) is 3.07. The number of carbonyl (C=O) groups is 1. The third-order valence-corrected chi connectivity index (χ3v) is 4.51. The van der Waals surface area contributed by atoms with Gasteiger partial charge in [-0.15, -0.1) is 0 Å². The lowest BCUT2D eigenvalue weighted by atomic mass is 10.2. The maximum atomic E-state index is 12.8. The van der Waals surface area contributed by atoms with E-state index < -0.39 is 5.97 Å². The molecule has 4 aromatic rings. The van der Waals surface area contributed by atoms with Gasteiger partial charge in [-0.3, -0.25) is 4.57 Å². The van der Waals surface area contributed by atoms with Gasteiger partial charge in [0.2, 0.25) is 0 Å². The van der Waals surface area contributed by atoms with Gasteiger partial charge in [0.25, 0.3) is 0 Å². The molecule has 0 spiro atoms. The minimum absolute atomic E-state index is 0.224. The number of aromatic nitrogens is 3. The van der Waals surface area contributed by atoms with Crippen LogP contribution >= 0.6 is 0 Å². The van der Waals surface area contributed by atoms with E-state index in [0.717, 1.165) is 16.8 Å². The highest BCUT2D eigenvalue weighted by atomic mass is 16.5. The van der Waals surface area contributed by atoms with E-state index in [1.807, 2.05) is 69.3 Å². The first-order chi connectivity index (χ1) is 13.5. The average Bonchev–Trinajstić information content (AvgIpc) is 2.95. The van der Waals surface area contributed by atoms with Crippen molar-refractivity contribution in [1.29, 1.82) is 0 Å². The van der Waals surface area contributed by atoms with Gasteiger partial charge in [0.15, 0.2) is 5.65 Å². The molecule has 0 aliphatic carbocycles. The van der Waals surface area contributed by atoms with Crippen LogP contribution in [-0.4, -0.2) is 27.1 Å². The number of hydrogen-bond donors (Lipinski definition) is 1. The number of aryl methyl sites for hydroxylation is 1. The van der Waals surface area contributed by atoms with Gasteiger partial charge in [-0.05, 0) is 42.7 Å². The number of carbonyl (C=O) groups excluding carboxylic acids is 1. The van der Waals surface area contributed by atoms with Crippen LogP contribution in [0.4, 0.5) is 5.82 Å². The van der Waals surface area contributed by atoms with E-state index >= 15 is 0 Å². The summed E-state index contributed by atoms with van der Waals surface area (Å²) in [5, 5.41) is 0. The maximum absolute atomic E-state index is 12.8. The molecule has 142 valence electrons. The van der Waals surface area contributed by atoms with Crippen molar-refractivity contribution in [3.63, 3.8) is 0 Å². The first-order valence-electron chi connectivity index (χ1n) is 9.26. The van der Waals surface area contributed by atoms with Gasteiger partial charge in [0, 0.05) is 5.69 Å². The number of nitrogens with two attached hydrogens (primary N) is 1. The lowest BCUT2D eigenvalue weighted by molar-refractivity contribution is 0.0462. The van der Waals surface area contributed by atoms with Crippen molar-refractivity contribution in [2.24, 2.45) is 5.92 Å². The van der Waals surface area contributed by atoms with Crippen molar-refractivity contribution in [3.05, 3.63) is 59.7 Å². The van der Waals surface area contributed by atoms with Crippen molar-refractivity contribution in [2.75, 3.05) is 12.3 Å². The van der Waals surface area contributed by atoms with Crippen molar-refractivity contribution in [3.8, 4) is 5.69 Å². The second-order valence-electron chi connectivity index (χ2n) is 7.31. The highest BCUT2D eigenvalue weighted by Gasteiger charge is 2.26. The van der Waals surface area contributed by atoms with Crippen LogP contribution in [-0.2, 0) is 4.74 Å².